The smallest absolute Gasteiger partial charge is 0.149 e. The maximum Gasteiger partial charge on any atom is 0.149 e. The molecule has 0 spiro atoms. The number of hydrogen-bond donors (Lipinski definition) is 0. The number of thioether (sulfide) groups is 1. The van der Waals surface area contributed by atoms with Crippen molar-refractivity contribution < 1.29 is 4.74 Å². The molecule has 0 aliphatic carbocycles. The van der Waals surface area contributed by atoms with Crippen LogP contribution in [0.15, 0.2) is 0 Å². The lowest BCUT2D eigenvalue weighted by atomic mass is 10.1. The fourth-order valence-corrected chi connectivity index (χ4v) is 2.16. The molecule has 0 unspecified atom stereocenters. The quantitative estimate of drug-likeness (QED) is 0.607. The normalized spacial score (nSPS) is 21.8. The molecule has 1 aliphatic heterocycles. The van der Waals surface area contributed by atoms with E-state index in [4.69, 9.17) is 10.00 Å². The largest absolute Gasteiger partial charge is 0.376 e. The van der Waals surface area contributed by atoms with E-state index < -0.39 is 0 Å². The van der Waals surface area contributed by atoms with Gasteiger partial charge >= 0.3 is 0 Å². The Hall–Kier alpha value is -0.200. The Morgan fingerprint density at radius 2 is 2.20 bits per heavy atom. The molecule has 0 saturated carbocycles. The molecule has 1 aliphatic rings. The Balaban J connectivity index is 2.43. The zero-order chi connectivity index (χ0) is 7.61. The van der Waals surface area contributed by atoms with Crippen molar-refractivity contribution in [3.63, 3.8) is 0 Å². The lowest BCUT2D eigenvalue weighted by Gasteiger charge is -2.35. The van der Waals surface area contributed by atoms with Crippen LogP contribution in [-0.4, -0.2) is 23.2 Å². The van der Waals surface area contributed by atoms with Gasteiger partial charge in [-0.1, -0.05) is 13.8 Å². The highest BCUT2D eigenvalue weighted by Crippen LogP contribution is 2.35. The number of rotatable bonds is 2. The van der Waals surface area contributed by atoms with E-state index in [9.17, 15) is 0 Å². The number of nitriles is 1. The summed E-state index contributed by atoms with van der Waals surface area (Å²) in [5.41, 5.74) is 0. The van der Waals surface area contributed by atoms with Crippen molar-refractivity contribution in [2.45, 2.75) is 23.8 Å². The van der Waals surface area contributed by atoms with E-state index in [-0.39, 0.29) is 4.75 Å². The third-order valence-corrected chi connectivity index (χ3v) is 2.59. The lowest BCUT2D eigenvalue weighted by molar-refractivity contribution is 0.0159. The molecule has 56 valence electrons. The van der Waals surface area contributed by atoms with E-state index in [2.05, 4.69) is 19.9 Å². The fourth-order valence-electron chi connectivity index (χ4n) is 0.898. The molecule has 0 aromatic carbocycles. The Bertz CT molecular complexity index is 157. The Morgan fingerprint density at radius 3 is 2.30 bits per heavy atom. The third-order valence-electron chi connectivity index (χ3n) is 1.34. The van der Waals surface area contributed by atoms with Gasteiger partial charge in [0.25, 0.3) is 0 Å². The third kappa shape index (κ3) is 1.44. The molecule has 1 rings (SSSR count). The summed E-state index contributed by atoms with van der Waals surface area (Å²) in [7, 11) is 0. The molecule has 0 radical (unpaired) electrons. The summed E-state index contributed by atoms with van der Waals surface area (Å²) in [6, 6.07) is 2.28. The molecular weight excluding hydrogens is 146 g/mol. The maximum atomic E-state index is 8.73. The van der Waals surface area contributed by atoms with Gasteiger partial charge in [0.1, 0.15) is 4.75 Å². The second-order valence-electron chi connectivity index (χ2n) is 2.77. The van der Waals surface area contributed by atoms with Crippen molar-refractivity contribution in [1.82, 2.24) is 0 Å². The zero-order valence-corrected chi connectivity index (χ0v) is 7.07. The van der Waals surface area contributed by atoms with E-state index in [1.807, 2.05) is 0 Å². The van der Waals surface area contributed by atoms with E-state index in [1.165, 1.54) is 0 Å². The van der Waals surface area contributed by atoms with Crippen LogP contribution in [0.2, 0.25) is 0 Å². The molecule has 2 nitrogen and oxygen atoms in total. The summed E-state index contributed by atoms with van der Waals surface area (Å²) in [6.45, 7) is 5.41. The fraction of sp³-hybridized carbons (Fsp3) is 0.857. The van der Waals surface area contributed by atoms with Crippen LogP contribution in [0.4, 0.5) is 0 Å². The van der Waals surface area contributed by atoms with Gasteiger partial charge < -0.3 is 4.74 Å². The second-order valence-corrected chi connectivity index (χ2v) is 4.73. The topological polar surface area (TPSA) is 33.0 Å². The van der Waals surface area contributed by atoms with Crippen LogP contribution in [0.1, 0.15) is 13.8 Å². The van der Waals surface area contributed by atoms with Crippen LogP contribution in [0.3, 0.4) is 0 Å². The molecule has 0 aromatic rings. The minimum absolute atomic E-state index is 0.214. The van der Waals surface area contributed by atoms with Crippen molar-refractivity contribution in [2.24, 2.45) is 0 Å². The van der Waals surface area contributed by atoms with Crippen LogP contribution < -0.4 is 0 Å². The molecule has 0 aromatic heterocycles. The molecule has 0 N–H and O–H groups in total. The van der Waals surface area contributed by atoms with Gasteiger partial charge in [0.2, 0.25) is 0 Å². The van der Waals surface area contributed by atoms with E-state index in [0.29, 0.717) is 18.5 Å². The van der Waals surface area contributed by atoms with Crippen molar-refractivity contribution in [3.05, 3.63) is 0 Å². The van der Waals surface area contributed by atoms with E-state index in [0.717, 1.165) is 0 Å². The molecule has 1 saturated heterocycles. The molecule has 10 heavy (non-hydrogen) atoms. The van der Waals surface area contributed by atoms with Crippen molar-refractivity contribution in [1.29, 1.82) is 5.26 Å². The van der Waals surface area contributed by atoms with Crippen LogP contribution in [0, 0.1) is 11.3 Å². The summed E-state index contributed by atoms with van der Waals surface area (Å²) in [6.07, 6.45) is 0. The van der Waals surface area contributed by atoms with Gasteiger partial charge in [0, 0.05) is 5.25 Å². The highest BCUT2D eigenvalue weighted by molar-refractivity contribution is 8.01. The first-order chi connectivity index (χ1) is 4.68. The van der Waals surface area contributed by atoms with Crippen molar-refractivity contribution in [3.8, 4) is 6.07 Å². The standard InChI is InChI=1S/C7H11NOS/c1-6(2)10-7(3-8)4-9-5-7/h6H,4-5H2,1-2H3. The average Bonchev–Trinajstić information content (AvgIpc) is 1.78. The highest BCUT2D eigenvalue weighted by atomic mass is 32.2. The van der Waals surface area contributed by atoms with E-state index >= 15 is 0 Å². The van der Waals surface area contributed by atoms with E-state index in [1.54, 1.807) is 11.8 Å². The molecule has 3 heteroatoms. The monoisotopic (exact) mass is 157 g/mol. The first-order valence-corrected chi connectivity index (χ1v) is 4.23. The van der Waals surface area contributed by atoms with Crippen molar-refractivity contribution in [2.75, 3.05) is 13.2 Å². The van der Waals surface area contributed by atoms with Gasteiger partial charge in [-0.2, -0.15) is 5.26 Å². The summed E-state index contributed by atoms with van der Waals surface area (Å²) >= 11 is 1.70. The number of nitrogens with zero attached hydrogens (tertiary/aromatic N) is 1. The highest BCUT2D eigenvalue weighted by Gasteiger charge is 2.40. The first-order valence-electron chi connectivity index (χ1n) is 3.35. The van der Waals surface area contributed by atoms with Crippen LogP contribution >= 0.6 is 11.8 Å². The predicted octanol–water partition coefficient (Wildman–Crippen LogP) is 1.42. The summed E-state index contributed by atoms with van der Waals surface area (Å²) in [5, 5.41) is 9.25. The Morgan fingerprint density at radius 1 is 1.60 bits per heavy atom. The average molecular weight is 157 g/mol. The van der Waals surface area contributed by atoms with Gasteiger partial charge in [-0.15, -0.1) is 11.8 Å². The second kappa shape index (κ2) is 2.81. The molecular formula is C7H11NOS. The summed E-state index contributed by atoms with van der Waals surface area (Å²) in [5.74, 6) is 0. The SMILES string of the molecule is CC(C)SC1(C#N)COC1. The molecule has 1 fully saturated rings. The minimum atomic E-state index is -0.214. The molecule has 0 atom stereocenters. The van der Waals surface area contributed by atoms with Gasteiger partial charge in [-0.05, 0) is 0 Å². The summed E-state index contributed by atoms with van der Waals surface area (Å²) in [4.78, 5) is 0. The zero-order valence-electron chi connectivity index (χ0n) is 6.26. The molecule has 0 bridgehead atoms. The van der Waals surface area contributed by atoms with Gasteiger partial charge in [-0.25, -0.2) is 0 Å². The predicted molar refractivity (Wildman–Crippen MR) is 41.9 cm³/mol. The van der Waals surface area contributed by atoms with Crippen LogP contribution in [0.5, 0.6) is 0 Å². The Labute approximate surface area is 65.6 Å². The number of ether oxygens (including phenoxy) is 1. The van der Waals surface area contributed by atoms with Crippen molar-refractivity contribution >= 4 is 11.8 Å². The Kier molecular flexibility index (Phi) is 2.22. The molecule has 1 heterocycles. The van der Waals surface area contributed by atoms with Gasteiger partial charge in [0.15, 0.2) is 0 Å². The molecule has 0 amide bonds. The van der Waals surface area contributed by atoms with Gasteiger partial charge in [-0.3, -0.25) is 0 Å². The first kappa shape index (κ1) is 7.90. The summed E-state index contributed by atoms with van der Waals surface area (Å²) < 4.78 is 4.77. The lowest BCUT2D eigenvalue weighted by Crippen LogP contribution is -2.46. The van der Waals surface area contributed by atoms with Gasteiger partial charge in [0.05, 0.1) is 19.3 Å². The van der Waals surface area contributed by atoms with Crippen LogP contribution in [0.25, 0.3) is 0 Å². The number of hydrogen-bond acceptors (Lipinski definition) is 3. The van der Waals surface area contributed by atoms with Crippen LogP contribution in [-0.2, 0) is 4.74 Å². The minimum Gasteiger partial charge on any atom is -0.376 e. The maximum absolute atomic E-state index is 8.73.